The van der Waals surface area contributed by atoms with Gasteiger partial charge in [-0.2, -0.15) is 0 Å². The minimum Gasteiger partial charge on any atom is -0.376 e. The molecule has 4 heteroatoms. The molecule has 0 unspecified atom stereocenters. The summed E-state index contributed by atoms with van der Waals surface area (Å²) < 4.78 is 4.50. The van der Waals surface area contributed by atoms with Gasteiger partial charge in [0.05, 0.1) is 12.3 Å². The molecule has 0 saturated carbocycles. The van der Waals surface area contributed by atoms with Gasteiger partial charge in [-0.15, -0.1) is 0 Å². The number of hydrogen-bond acceptors (Lipinski definition) is 3. The van der Waals surface area contributed by atoms with Gasteiger partial charge in [0.15, 0.2) is 0 Å². The Morgan fingerprint density at radius 1 is 1.78 bits per heavy atom. The van der Waals surface area contributed by atoms with Crippen molar-refractivity contribution in [3.63, 3.8) is 0 Å². The first-order valence-electron chi connectivity index (χ1n) is 2.35. The van der Waals surface area contributed by atoms with Crippen molar-refractivity contribution in [2.45, 2.75) is 6.92 Å². The number of nitrogens with zero attached hydrogens (tertiary/aromatic N) is 2. The van der Waals surface area contributed by atoms with Gasteiger partial charge in [0.25, 0.3) is 5.69 Å². The van der Waals surface area contributed by atoms with Gasteiger partial charge in [-0.1, -0.05) is 5.16 Å². The quantitative estimate of drug-likeness (QED) is 0.526. The van der Waals surface area contributed by atoms with Crippen molar-refractivity contribution >= 4 is 11.6 Å². The second-order valence-corrected chi connectivity index (χ2v) is 1.59. The van der Waals surface area contributed by atoms with Crippen LogP contribution in [0.4, 0.5) is 11.6 Å². The lowest BCUT2D eigenvalue weighted by Gasteiger charge is -1.78. The maximum Gasteiger partial charge on any atom is 0.271 e. The Hall–Kier alpha value is -1.50. The second kappa shape index (κ2) is 1.78. The summed E-state index contributed by atoms with van der Waals surface area (Å²) >= 11 is 0. The molecule has 2 N–H and O–H groups in total. The van der Waals surface area contributed by atoms with Gasteiger partial charge in [-0.3, -0.25) is 0 Å². The molecule has 1 rings (SSSR count). The molecule has 0 spiro atoms. The first kappa shape index (κ1) is 5.63. The van der Waals surface area contributed by atoms with Crippen LogP contribution in [0.1, 0.15) is 5.69 Å². The molecule has 9 heavy (non-hydrogen) atoms. The molecule has 0 atom stereocenters. The molecule has 4 nitrogen and oxygen atoms in total. The molecule has 0 aliphatic carbocycles. The van der Waals surface area contributed by atoms with E-state index in [-0.39, 0.29) is 5.88 Å². The SMILES string of the molecule is [C-]#[N+]c1c(C)noc1N. The number of anilines is 1. The monoisotopic (exact) mass is 123 g/mol. The predicted molar refractivity (Wildman–Crippen MR) is 31.9 cm³/mol. The van der Waals surface area contributed by atoms with Crippen molar-refractivity contribution in [2.75, 3.05) is 5.73 Å². The third kappa shape index (κ3) is 0.722. The maximum atomic E-state index is 6.59. The Labute approximate surface area is 52.1 Å². The highest BCUT2D eigenvalue weighted by Crippen LogP contribution is 2.24. The van der Waals surface area contributed by atoms with Crippen molar-refractivity contribution in [2.24, 2.45) is 0 Å². The van der Waals surface area contributed by atoms with E-state index in [9.17, 15) is 0 Å². The maximum absolute atomic E-state index is 6.59. The highest BCUT2D eigenvalue weighted by molar-refractivity contribution is 5.63. The summed E-state index contributed by atoms with van der Waals surface area (Å²) in [5, 5.41) is 3.47. The first-order valence-corrected chi connectivity index (χ1v) is 2.35. The van der Waals surface area contributed by atoms with Crippen molar-refractivity contribution in [1.82, 2.24) is 5.16 Å². The lowest BCUT2D eigenvalue weighted by atomic mass is 10.4. The van der Waals surface area contributed by atoms with E-state index in [1.54, 1.807) is 6.92 Å². The Balaban J connectivity index is 3.27. The van der Waals surface area contributed by atoms with Gasteiger partial charge in [0.2, 0.25) is 5.88 Å². The van der Waals surface area contributed by atoms with Gasteiger partial charge in [-0.05, 0) is 6.92 Å². The van der Waals surface area contributed by atoms with E-state index in [1.807, 2.05) is 0 Å². The summed E-state index contributed by atoms with van der Waals surface area (Å²) in [6.07, 6.45) is 0. The van der Waals surface area contributed by atoms with E-state index in [0.29, 0.717) is 11.4 Å². The first-order chi connectivity index (χ1) is 4.25. The fourth-order valence-corrected chi connectivity index (χ4v) is 0.518. The molecule has 0 aliphatic rings. The highest BCUT2D eigenvalue weighted by Gasteiger charge is 2.07. The van der Waals surface area contributed by atoms with Gasteiger partial charge >= 0.3 is 0 Å². The smallest absolute Gasteiger partial charge is 0.271 e. The van der Waals surface area contributed by atoms with Gasteiger partial charge < -0.3 is 10.3 Å². The third-order valence-electron chi connectivity index (χ3n) is 0.969. The van der Waals surface area contributed by atoms with E-state index in [2.05, 4.69) is 14.5 Å². The zero-order valence-electron chi connectivity index (χ0n) is 4.88. The minimum atomic E-state index is 0.0995. The molecule has 1 aromatic rings. The lowest BCUT2D eigenvalue weighted by molar-refractivity contribution is 0.431. The van der Waals surface area contributed by atoms with Crippen LogP contribution < -0.4 is 5.73 Å². The Bertz CT molecular complexity index is 238. The Morgan fingerprint density at radius 3 is 2.67 bits per heavy atom. The van der Waals surface area contributed by atoms with E-state index in [4.69, 9.17) is 12.3 Å². The molecule has 0 amide bonds. The average Bonchev–Trinajstić information content (AvgIpc) is 2.12. The molecular formula is C5H5N3O. The molecule has 0 saturated heterocycles. The van der Waals surface area contributed by atoms with Gasteiger partial charge in [0.1, 0.15) is 0 Å². The fourth-order valence-electron chi connectivity index (χ4n) is 0.518. The van der Waals surface area contributed by atoms with Crippen molar-refractivity contribution in [1.29, 1.82) is 0 Å². The molecule has 0 bridgehead atoms. The van der Waals surface area contributed by atoms with Crippen LogP contribution in [-0.2, 0) is 0 Å². The number of nitrogen functional groups attached to an aromatic ring is 1. The van der Waals surface area contributed by atoms with E-state index < -0.39 is 0 Å². The van der Waals surface area contributed by atoms with Crippen LogP contribution in [0, 0.1) is 13.5 Å². The Kier molecular flexibility index (Phi) is 1.12. The largest absolute Gasteiger partial charge is 0.376 e. The number of rotatable bonds is 0. The van der Waals surface area contributed by atoms with Crippen LogP contribution in [0.5, 0.6) is 0 Å². The van der Waals surface area contributed by atoms with E-state index in [0.717, 1.165) is 0 Å². The number of aromatic nitrogens is 1. The lowest BCUT2D eigenvalue weighted by Crippen LogP contribution is -1.77. The fraction of sp³-hybridized carbons (Fsp3) is 0.200. The summed E-state index contributed by atoms with van der Waals surface area (Å²) in [5.41, 5.74) is 6.07. The third-order valence-corrected chi connectivity index (χ3v) is 0.969. The topological polar surface area (TPSA) is 56.4 Å². The van der Waals surface area contributed by atoms with Crippen molar-refractivity contribution < 1.29 is 4.52 Å². The van der Waals surface area contributed by atoms with Crippen LogP contribution in [0.15, 0.2) is 4.52 Å². The molecule has 46 valence electrons. The number of hydrogen-bond donors (Lipinski definition) is 1. The second-order valence-electron chi connectivity index (χ2n) is 1.59. The van der Waals surface area contributed by atoms with Crippen LogP contribution in [0.25, 0.3) is 4.85 Å². The zero-order chi connectivity index (χ0) is 6.85. The van der Waals surface area contributed by atoms with E-state index >= 15 is 0 Å². The molecule has 1 heterocycles. The molecule has 0 radical (unpaired) electrons. The average molecular weight is 123 g/mol. The van der Waals surface area contributed by atoms with Gasteiger partial charge in [-0.25, -0.2) is 4.85 Å². The highest BCUT2D eigenvalue weighted by atomic mass is 16.5. The molecule has 0 aromatic carbocycles. The predicted octanol–water partition coefficient (Wildman–Crippen LogP) is 1.12. The molecule has 0 aliphatic heterocycles. The van der Waals surface area contributed by atoms with Crippen molar-refractivity contribution in [3.05, 3.63) is 17.1 Å². The van der Waals surface area contributed by atoms with Crippen LogP contribution in [-0.4, -0.2) is 5.16 Å². The van der Waals surface area contributed by atoms with Crippen LogP contribution in [0.3, 0.4) is 0 Å². The minimum absolute atomic E-state index is 0.0995. The Morgan fingerprint density at radius 2 is 2.44 bits per heavy atom. The summed E-state index contributed by atoms with van der Waals surface area (Å²) in [7, 11) is 0. The molecular weight excluding hydrogens is 118 g/mol. The number of nitrogens with two attached hydrogens (primary N) is 1. The van der Waals surface area contributed by atoms with Gasteiger partial charge in [0, 0.05) is 0 Å². The summed E-state index contributed by atoms with van der Waals surface area (Å²) in [4.78, 5) is 3.10. The summed E-state index contributed by atoms with van der Waals surface area (Å²) in [5.74, 6) is 0.0995. The normalized spacial score (nSPS) is 8.89. The summed E-state index contributed by atoms with van der Waals surface area (Å²) in [6, 6.07) is 0. The number of aryl methyl sites for hydroxylation is 1. The molecule has 1 aromatic heterocycles. The van der Waals surface area contributed by atoms with Crippen LogP contribution in [0.2, 0.25) is 0 Å². The zero-order valence-corrected chi connectivity index (χ0v) is 4.88. The van der Waals surface area contributed by atoms with Crippen molar-refractivity contribution in [3.8, 4) is 0 Å². The standard InChI is InChI=1S/C5H5N3O/c1-3-4(7-2)5(6)9-8-3/h6H2,1H3. The molecule has 0 fully saturated rings. The van der Waals surface area contributed by atoms with Crippen LogP contribution >= 0.6 is 0 Å². The van der Waals surface area contributed by atoms with E-state index in [1.165, 1.54) is 0 Å². The summed E-state index contributed by atoms with van der Waals surface area (Å²) in [6.45, 7) is 8.26.